The fraction of sp³-hybridized carbons (Fsp3) is 0.455. The Morgan fingerprint density at radius 1 is 1.61 bits per heavy atom. The van der Waals surface area contributed by atoms with Gasteiger partial charge in [-0.2, -0.15) is 0 Å². The van der Waals surface area contributed by atoms with Crippen LogP contribution in [0.4, 0.5) is 11.4 Å². The number of carbonyl (C=O) groups is 1. The largest absolute Gasteiger partial charge is 0.481 e. The van der Waals surface area contributed by atoms with Gasteiger partial charge in [0.15, 0.2) is 0 Å². The van der Waals surface area contributed by atoms with Crippen molar-refractivity contribution in [1.29, 1.82) is 0 Å². The monoisotopic (exact) mass is 251 g/mol. The number of pyridine rings is 1. The highest BCUT2D eigenvalue weighted by atomic mass is 16.6. The number of hydrogen-bond donors (Lipinski definition) is 1. The third-order valence-electron chi connectivity index (χ3n) is 3.09. The van der Waals surface area contributed by atoms with Crippen LogP contribution in [0.25, 0.3) is 0 Å². The molecule has 1 aliphatic rings. The molecule has 1 saturated heterocycles. The lowest BCUT2D eigenvalue weighted by Crippen LogP contribution is -2.39. The van der Waals surface area contributed by atoms with Gasteiger partial charge in [-0.05, 0) is 18.9 Å². The molecule has 1 aromatic heterocycles. The quantitative estimate of drug-likeness (QED) is 0.642. The summed E-state index contributed by atoms with van der Waals surface area (Å²) >= 11 is 0. The summed E-state index contributed by atoms with van der Waals surface area (Å²) in [4.78, 5) is 26.9. The molecule has 0 radical (unpaired) electrons. The molecule has 1 aliphatic heterocycles. The van der Waals surface area contributed by atoms with Gasteiger partial charge in [0.05, 0.1) is 10.8 Å². The van der Waals surface area contributed by atoms with E-state index >= 15 is 0 Å². The summed E-state index contributed by atoms with van der Waals surface area (Å²) in [5.41, 5.74) is 0.365. The third kappa shape index (κ3) is 2.39. The van der Waals surface area contributed by atoms with Gasteiger partial charge >= 0.3 is 11.7 Å². The Balaban J connectivity index is 2.26. The van der Waals surface area contributed by atoms with E-state index in [-0.39, 0.29) is 5.69 Å². The van der Waals surface area contributed by atoms with Gasteiger partial charge in [-0.25, -0.2) is 0 Å². The average molecular weight is 251 g/mol. The minimum atomic E-state index is -0.851. The Kier molecular flexibility index (Phi) is 3.40. The second-order valence-corrected chi connectivity index (χ2v) is 4.24. The van der Waals surface area contributed by atoms with E-state index in [9.17, 15) is 14.9 Å². The molecule has 0 bridgehead atoms. The van der Waals surface area contributed by atoms with Crippen LogP contribution in [0, 0.1) is 16.0 Å². The van der Waals surface area contributed by atoms with E-state index in [0.29, 0.717) is 25.2 Å². The maximum Gasteiger partial charge on any atom is 0.310 e. The molecular weight excluding hydrogens is 238 g/mol. The summed E-state index contributed by atoms with van der Waals surface area (Å²) in [6.07, 6.45) is 4.01. The van der Waals surface area contributed by atoms with Crippen molar-refractivity contribution < 1.29 is 14.8 Å². The SMILES string of the molecule is O=C(O)C1CCCN(c2ccncc2[N+](=O)[O-])C1. The number of nitrogens with zero attached hydrogens (tertiary/aromatic N) is 3. The van der Waals surface area contributed by atoms with Gasteiger partial charge in [0.2, 0.25) is 0 Å². The van der Waals surface area contributed by atoms with Crippen LogP contribution in [-0.2, 0) is 4.79 Å². The standard InChI is InChI=1S/C11H13N3O4/c15-11(16)8-2-1-5-13(7-8)9-3-4-12-6-10(9)14(17)18/h3-4,6,8H,1-2,5,7H2,(H,15,16). The summed E-state index contributed by atoms with van der Waals surface area (Å²) in [6, 6.07) is 1.56. The van der Waals surface area contributed by atoms with Gasteiger partial charge in [-0.15, -0.1) is 0 Å². The van der Waals surface area contributed by atoms with Crippen LogP contribution in [0.15, 0.2) is 18.5 Å². The number of hydrogen-bond acceptors (Lipinski definition) is 5. The molecule has 7 nitrogen and oxygen atoms in total. The molecule has 1 fully saturated rings. The number of nitro groups is 1. The van der Waals surface area contributed by atoms with Crippen molar-refractivity contribution in [1.82, 2.24) is 4.98 Å². The number of rotatable bonds is 3. The summed E-state index contributed by atoms with van der Waals surface area (Å²) < 4.78 is 0. The number of aromatic nitrogens is 1. The Morgan fingerprint density at radius 3 is 3.06 bits per heavy atom. The molecule has 0 spiro atoms. The second kappa shape index (κ2) is 4.99. The van der Waals surface area contributed by atoms with Crippen LogP contribution < -0.4 is 4.90 Å². The highest BCUT2D eigenvalue weighted by molar-refractivity contribution is 5.72. The fourth-order valence-corrected chi connectivity index (χ4v) is 2.18. The van der Waals surface area contributed by atoms with E-state index in [4.69, 9.17) is 5.11 Å². The first-order valence-electron chi connectivity index (χ1n) is 5.65. The van der Waals surface area contributed by atoms with Crippen molar-refractivity contribution >= 4 is 17.3 Å². The summed E-state index contributed by atoms with van der Waals surface area (Å²) in [7, 11) is 0. The van der Waals surface area contributed by atoms with Gasteiger partial charge in [0.25, 0.3) is 0 Å². The maximum absolute atomic E-state index is 11.0. The van der Waals surface area contributed by atoms with E-state index in [1.54, 1.807) is 11.0 Å². The molecule has 7 heteroatoms. The van der Waals surface area contributed by atoms with Gasteiger partial charge in [0.1, 0.15) is 11.9 Å². The first kappa shape index (κ1) is 12.3. The molecule has 1 atom stereocenters. The topological polar surface area (TPSA) is 96.6 Å². The van der Waals surface area contributed by atoms with Crippen molar-refractivity contribution in [3.05, 3.63) is 28.6 Å². The van der Waals surface area contributed by atoms with E-state index < -0.39 is 16.8 Å². The van der Waals surface area contributed by atoms with Gasteiger partial charge in [-0.3, -0.25) is 19.9 Å². The number of aliphatic carboxylic acids is 1. The fourth-order valence-electron chi connectivity index (χ4n) is 2.18. The van der Waals surface area contributed by atoms with Gasteiger partial charge in [-0.1, -0.05) is 0 Å². The number of piperidine rings is 1. The summed E-state index contributed by atoms with van der Waals surface area (Å²) in [5.74, 6) is -1.32. The molecule has 96 valence electrons. The van der Waals surface area contributed by atoms with Gasteiger partial charge < -0.3 is 10.0 Å². The molecule has 0 aromatic carbocycles. The molecule has 0 amide bonds. The molecule has 0 saturated carbocycles. The molecule has 2 heterocycles. The average Bonchev–Trinajstić information content (AvgIpc) is 2.39. The Bertz CT molecular complexity index is 477. The van der Waals surface area contributed by atoms with Crippen LogP contribution in [0.5, 0.6) is 0 Å². The summed E-state index contributed by atoms with van der Waals surface area (Å²) in [5, 5.41) is 19.9. The lowest BCUT2D eigenvalue weighted by molar-refractivity contribution is -0.384. The smallest absolute Gasteiger partial charge is 0.310 e. The molecule has 0 aliphatic carbocycles. The van der Waals surface area contributed by atoms with Gasteiger partial charge in [0, 0.05) is 19.3 Å². The van der Waals surface area contributed by atoms with E-state index in [1.165, 1.54) is 12.4 Å². The number of anilines is 1. The van der Waals surface area contributed by atoms with E-state index in [0.717, 1.165) is 6.42 Å². The molecular formula is C11H13N3O4. The van der Waals surface area contributed by atoms with Crippen LogP contribution >= 0.6 is 0 Å². The Labute approximate surface area is 103 Å². The minimum absolute atomic E-state index is 0.0801. The van der Waals surface area contributed by atoms with Crippen molar-refractivity contribution in [2.75, 3.05) is 18.0 Å². The highest BCUT2D eigenvalue weighted by Crippen LogP contribution is 2.30. The van der Waals surface area contributed by atoms with E-state index in [1.807, 2.05) is 0 Å². The number of carboxylic acids is 1. The molecule has 2 rings (SSSR count). The minimum Gasteiger partial charge on any atom is -0.481 e. The lowest BCUT2D eigenvalue weighted by Gasteiger charge is -2.31. The predicted molar refractivity (Wildman–Crippen MR) is 63.5 cm³/mol. The maximum atomic E-state index is 11.0. The van der Waals surface area contributed by atoms with Crippen LogP contribution in [0.2, 0.25) is 0 Å². The summed E-state index contributed by atoms with van der Waals surface area (Å²) in [6.45, 7) is 0.939. The molecule has 1 aromatic rings. The van der Waals surface area contributed by atoms with Crippen molar-refractivity contribution in [3.63, 3.8) is 0 Å². The van der Waals surface area contributed by atoms with Crippen LogP contribution in [-0.4, -0.2) is 34.1 Å². The zero-order chi connectivity index (χ0) is 13.1. The first-order chi connectivity index (χ1) is 8.59. The second-order valence-electron chi connectivity index (χ2n) is 4.24. The van der Waals surface area contributed by atoms with Crippen LogP contribution in [0.1, 0.15) is 12.8 Å². The van der Waals surface area contributed by atoms with Crippen molar-refractivity contribution in [2.24, 2.45) is 5.92 Å². The normalized spacial score (nSPS) is 19.6. The van der Waals surface area contributed by atoms with Crippen molar-refractivity contribution in [3.8, 4) is 0 Å². The molecule has 18 heavy (non-hydrogen) atoms. The Morgan fingerprint density at radius 2 is 2.39 bits per heavy atom. The predicted octanol–water partition coefficient (Wildman–Crippen LogP) is 1.29. The highest BCUT2D eigenvalue weighted by Gasteiger charge is 2.28. The lowest BCUT2D eigenvalue weighted by atomic mass is 9.98. The van der Waals surface area contributed by atoms with Crippen LogP contribution in [0.3, 0.4) is 0 Å². The zero-order valence-corrected chi connectivity index (χ0v) is 9.65. The number of carboxylic acid groups (broad SMARTS) is 1. The Hall–Kier alpha value is -2.18. The molecule has 1 unspecified atom stereocenters. The third-order valence-corrected chi connectivity index (χ3v) is 3.09. The first-order valence-corrected chi connectivity index (χ1v) is 5.65. The van der Waals surface area contributed by atoms with E-state index in [2.05, 4.69) is 4.98 Å². The zero-order valence-electron chi connectivity index (χ0n) is 9.65. The van der Waals surface area contributed by atoms with Crippen molar-refractivity contribution in [2.45, 2.75) is 12.8 Å². The molecule has 1 N–H and O–H groups in total.